The van der Waals surface area contributed by atoms with Gasteiger partial charge in [-0.05, 0) is 29.8 Å². The standard InChI is InChI=1S/C14H8N4O/c15-6-9-1-2-12-10(5-9)14(8-16-12)3-4-19-13-11(14)7-17-18-13/h1-5,7-8H,(H,17,18). The highest BCUT2D eigenvalue weighted by Gasteiger charge is 2.41. The maximum Gasteiger partial charge on any atom is 0.219 e. The average molecular weight is 248 g/mol. The zero-order valence-electron chi connectivity index (χ0n) is 9.79. The molecule has 2 aliphatic rings. The van der Waals surface area contributed by atoms with Gasteiger partial charge in [-0.25, -0.2) is 5.10 Å². The summed E-state index contributed by atoms with van der Waals surface area (Å²) in [6, 6.07) is 7.67. The number of H-pyrrole nitrogens is 1. The summed E-state index contributed by atoms with van der Waals surface area (Å²) in [6.45, 7) is 0. The lowest BCUT2D eigenvalue weighted by Gasteiger charge is -2.26. The summed E-state index contributed by atoms with van der Waals surface area (Å²) >= 11 is 0. The van der Waals surface area contributed by atoms with Crippen LogP contribution in [0.25, 0.3) is 0 Å². The molecule has 4 rings (SSSR count). The van der Waals surface area contributed by atoms with E-state index in [4.69, 9.17) is 10.00 Å². The molecule has 0 saturated carbocycles. The molecular formula is C14H8N4O. The van der Waals surface area contributed by atoms with Gasteiger partial charge >= 0.3 is 0 Å². The van der Waals surface area contributed by atoms with Crippen molar-refractivity contribution in [1.82, 2.24) is 10.2 Å². The first kappa shape index (κ1) is 10.1. The van der Waals surface area contributed by atoms with Crippen LogP contribution in [0, 0.1) is 11.3 Å². The van der Waals surface area contributed by atoms with Crippen LogP contribution in [0.15, 0.2) is 41.7 Å². The van der Waals surface area contributed by atoms with Crippen molar-refractivity contribution < 1.29 is 4.74 Å². The zero-order valence-corrected chi connectivity index (χ0v) is 9.79. The molecule has 2 aromatic rings. The van der Waals surface area contributed by atoms with Crippen LogP contribution in [0.5, 0.6) is 5.88 Å². The minimum Gasteiger partial charge on any atom is -0.447 e. The molecule has 0 radical (unpaired) electrons. The number of nitriles is 1. The predicted octanol–water partition coefficient (Wildman–Crippen LogP) is 2.19. The number of fused-ring (bicyclic) bond motifs is 4. The fraction of sp³-hybridized carbons (Fsp3) is 0.0714. The second-order valence-corrected chi connectivity index (χ2v) is 4.50. The van der Waals surface area contributed by atoms with Gasteiger partial charge in [0.15, 0.2) is 0 Å². The molecule has 3 heterocycles. The Morgan fingerprint density at radius 3 is 3.16 bits per heavy atom. The quantitative estimate of drug-likeness (QED) is 0.776. The van der Waals surface area contributed by atoms with Crippen molar-refractivity contribution in [3.63, 3.8) is 0 Å². The average Bonchev–Trinajstić information content (AvgIpc) is 3.06. The molecule has 5 nitrogen and oxygen atoms in total. The van der Waals surface area contributed by atoms with Gasteiger partial charge in [0.25, 0.3) is 0 Å². The summed E-state index contributed by atoms with van der Waals surface area (Å²) in [5.41, 5.74) is 2.90. The van der Waals surface area contributed by atoms with E-state index in [1.165, 1.54) is 0 Å². The van der Waals surface area contributed by atoms with Gasteiger partial charge in [0, 0.05) is 6.21 Å². The second-order valence-electron chi connectivity index (χ2n) is 4.50. The monoisotopic (exact) mass is 248 g/mol. The molecule has 19 heavy (non-hydrogen) atoms. The smallest absolute Gasteiger partial charge is 0.219 e. The minimum absolute atomic E-state index is 0.483. The van der Waals surface area contributed by atoms with Crippen LogP contribution in [0.2, 0.25) is 0 Å². The summed E-state index contributed by atoms with van der Waals surface area (Å²) < 4.78 is 5.40. The third kappa shape index (κ3) is 1.17. The van der Waals surface area contributed by atoms with Crippen LogP contribution >= 0.6 is 0 Å². The molecule has 0 saturated heterocycles. The molecule has 2 aliphatic heterocycles. The number of ether oxygens (including phenoxy) is 1. The van der Waals surface area contributed by atoms with E-state index in [1.54, 1.807) is 18.5 Å². The van der Waals surface area contributed by atoms with E-state index in [9.17, 15) is 0 Å². The van der Waals surface area contributed by atoms with Gasteiger partial charge in [-0.2, -0.15) is 10.4 Å². The molecule has 1 spiro atoms. The number of nitrogens with one attached hydrogen (secondary N) is 1. The van der Waals surface area contributed by atoms with E-state index in [-0.39, 0.29) is 0 Å². The first-order valence-electron chi connectivity index (χ1n) is 5.81. The highest BCUT2D eigenvalue weighted by atomic mass is 16.5. The van der Waals surface area contributed by atoms with E-state index >= 15 is 0 Å². The number of hydrogen-bond donors (Lipinski definition) is 1. The van der Waals surface area contributed by atoms with Crippen LogP contribution in [-0.2, 0) is 5.41 Å². The van der Waals surface area contributed by atoms with E-state index in [2.05, 4.69) is 21.3 Å². The van der Waals surface area contributed by atoms with E-state index in [1.807, 2.05) is 24.4 Å². The van der Waals surface area contributed by atoms with Crippen molar-refractivity contribution in [1.29, 1.82) is 5.26 Å². The lowest BCUT2D eigenvalue weighted by molar-refractivity contribution is 0.435. The van der Waals surface area contributed by atoms with Crippen LogP contribution in [0.4, 0.5) is 5.69 Å². The zero-order chi connectivity index (χ0) is 12.9. The lowest BCUT2D eigenvalue weighted by Crippen LogP contribution is -2.27. The number of hydrogen-bond acceptors (Lipinski definition) is 4. The van der Waals surface area contributed by atoms with Crippen molar-refractivity contribution in [2.45, 2.75) is 5.41 Å². The Morgan fingerprint density at radius 2 is 2.26 bits per heavy atom. The topological polar surface area (TPSA) is 74.1 Å². The first-order chi connectivity index (χ1) is 9.33. The molecule has 1 aromatic carbocycles. The Labute approximate surface area is 108 Å². The highest BCUT2D eigenvalue weighted by Crippen LogP contribution is 2.47. The number of aliphatic imine (C=N–C) groups is 1. The molecule has 0 amide bonds. The number of nitrogens with zero attached hydrogens (tertiary/aromatic N) is 3. The largest absolute Gasteiger partial charge is 0.447 e. The predicted molar refractivity (Wildman–Crippen MR) is 68.4 cm³/mol. The lowest BCUT2D eigenvalue weighted by atomic mass is 9.76. The van der Waals surface area contributed by atoms with Crippen molar-refractivity contribution in [3.8, 4) is 11.9 Å². The molecule has 0 aliphatic carbocycles. The summed E-state index contributed by atoms with van der Waals surface area (Å²) in [6.07, 6.45) is 7.16. The molecule has 90 valence electrons. The van der Waals surface area contributed by atoms with Crippen LogP contribution in [-0.4, -0.2) is 16.4 Å². The molecule has 5 heteroatoms. The third-order valence-electron chi connectivity index (χ3n) is 3.55. The Kier molecular flexibility index (Phi) is 1.77. The van der Waals surface area contributed by atoms with Gasteiger partial charge in [-0.3, -0.25) is 4.99 Å². The van der Waals surface area contributed by atoms with E-state index < -0.39 is 5.41 Å². The van der Waals surface area contributed by atoms with Gasteiger partial charge in [0.2, 0.25) is 5.88 Å². The Hall–Kier alpha value is -2.87. The Bertz CT molecular complexity index is 781. The molecule has 0 fully saturated rings. The third-order valence-corrected chi connectivity index (χ3v) is 3.55. The maximum atomic E-state index is 9.06. The van der Waals surface area contributed by atoms with Crippen molar-refractivity contribution >= 4 is 11.9 Å². The Morgan fingerprint density at radius 1 is 1.32 bits per heavy atom. The maximum absolute atomic E-state index is 9.06. The number of benzene rings is 1. The summed E-state index contributed by atoms with van der Waals surface area (Å²) in [5.74, 6) is 0.615. The minimum atomic E-state index is -0.483. The second kappa shape index (κ2) is 3.33. The van der Waals surface area contributed by atoms with Gasteiger partial charge in [-0.1, -0.05) is 0 Å². The molecule has 1 atom stereocenters. The van der Waals surface area contributed by atoms with Crippen LogP contribution in [0.3, 0.4) is 0 Å². The number of aromatic nitrogens is 2. The fourth-order valence-electron chi connectivity index (χ4n) is 2.60. The van der Waals surface area contributed by atoms with Crippen molar-refractivity contribution in [2.24, 2.45) is 4.99 Å². The molecule has 1 aromatic heterocycles. The van der Waals surface area contributed by atoms with Crippen molar-refractivity contribution in [2.75, 3.05) is 0 Å². The molecular weight excluding hydrogens is 240 g/mol. The first-order valence-corrected chi connectivity index (χ1v) is 5.81. The van der Waals surface area contributed by atoms with Gasteiger partial charge < -0.3 is 4.74 Å². The molecule has 0 bridgehead atoms. The summed E-state index contributed by atoms with van der Waals surface area (Å²) in [4.78, 5) is 4.45. The van der Waals surface area contributed by atoms with Gasteiger partial charge in [0.05, 0.1) is 40.8 Å². The normalized spacial score (nSPS) is 21.8. The summed E-state index contributed by atoms with van der Waals surface area (Å²) in [7, 11) is 0. The number of rotatable bonds is 0. The summed E-state index contributed by atoms with van der Waals surface area (Å²) in [5, 5.41) is 15.9. The number of aromatic amines is 1. The van der Waals surface area contributed by atoms with E-state index in [0.29, 0.717) is 11.4 Å². The van der Waals surface area contributed by atoms with Crippen LogP contribution < -0.4 is 4.74 Å². The molecule has 1 N–H and O–H groups in total. The highest BCUT2D eigenvalue weighted by molar-refractivity contribution is 5.92. The Balaban J connectivity index is 2.02. The molecule has 1 unspecified atom stereocenters. The SMILES string of the molecule is N#Cc1ccc2c(c1)C1(C=COc3[nH]ncc31)C=N2. The van der Waals surface area contributed by atoms with Crippen LogP contribution in [0.1, 0.15) is 16.7 Å². The van der Waals surface area contributed by atoms with Gasteiger partial charge in [-0.15, -0.1) is 0 Å². The number of allylic oxidation sites excluding steroid dienone is 1. The van der Waals surface area contributed by atoms with Gasteiger partial charge in [0.1, 0.15) is 0 Å². The van der Waals surface area contributed by atoms with Crippen molar-refractivity contribution in [3.05, 3.63) is 53.4 Å². The van der Waals surface area contributed by atoms with E-state index in [0.717, 1.165) is 16.8 Å². The fourth-order valence-corrected chi connectivity index (χ4v) is 2.60.